The van der Waals surface area contributed by atoms with Gasteiger partial charge in [0.05, 0.1) is 0 Å². The quantitative estimate of drug-likeness (QED) is 0.186. The van der Waals surface area contributed by atoms with Crippen LogP contribution in [0.5, 0.6) is 0 Å². The third-order valence-electron chi connectivity index (χ3n) is 9.73. The Labute approximate surface area is 294 Å². The van der Waals surface area contributed by atoms with E-state index in [2.05, 4.69) is 127 Å². The van der Waals surface area contributed by atoms with Crippen molar-refractivity contribution < 1.29 is 4.42 Å². The molecule has 238 valence electrons. The van der Waals surface area contributed by atoms with Crippen LogP contribution in [0.4, 0.5) is 0 Å². The first-order valence-electron chi connectivity index (χ1n) is 17.1. The van der Waals surface area contributed by atoms with Crippen LogP contribution in [0.1, 0.15) is 0 Å². The fourth-order valence-corrected chi connectivity index (χ4v) is 7.19. The number of nitrogens with zero attached hydrogens (tertiary/aromatic N) is 3. The highest BCUT2D eigenvalue weighted by Gasteiger charge is 2.17. The number of fused-ring (bicyclic) bond motifs is 5. The van der Waals surface area contributed by atoms with Crippen LogP contribution in [0.3, 0.4) is 0 Å². The highest BCUT2D eigenvalue weighted by Crippen LogP contribution is 2.38. The molecule has 10 aromatic rings. The molecule has 0 amide bonds. The molecule has 0 atom stereocenters. The van der Waals surface area contributed by atoms with E-state index < -0.39 is 0 Å². The van der Waals surface area contributed by atoms with Crippen LogP contribution < -0.4 is 0 Å². The first-order chi connectivity index (χ1) is 25.2. The Morgan fingerprint density at radius 3 is 1.75 bits per heavy atom. The molecule has 51 heavy (non-hydrogen) atoms. The molecule has 0 bridgehead atoms. The lowest BCUT2D eigenvalue weighted by Crippen LogP contribution is -2.01. The maximum absolute atomic E-state index is 6.22. The van der Waals surface area contributed by atoms with Crippen LogP contribution in [-0.4, -0.2) is 15.0 Å². The maximum atomic E-state index is 6.22. The largest absolute Gasteiger partial charge is 0.456 e. The smallest absolute Gasteiger partial charge is 0.164 e. The molecule has 0 aliphatic rings. The van der Waals surface area contributed by atoms with Crippen molar-refractivity contribution in [2.75, 3.05) is 0 Å². The monoisotopic (exact) mass is 651 g/mol. The zero-order valence-corrected chi connectivity index (χ0v) is 27.5. The molecule has 0 unspecified atom stereocenters. The van der Waals surface area contributed by atoms with Crippen molar-refractivity contribution in [3.63, 3.8) is 0 Å². The molecule has 0 radical (unpaired) electrons. The van der Waals surface area contributed by atoms with Gasteiger partial charge in [-0.25, -0.2) is 15.0 Å². The van der Waals surface area contributed by atoms with Gasteiger partial charge in [-0.2, -0.15) is 0 Å². The van der Waals surface area contributed by atoms with E-state index in [1.54, 1.807) is 0 Å². The Morgan fingerprint density at radius 1 is 0.294 bits per heavy atom. The third-order valence-corrected chi connectivity index (χ3v) is 9.73. The Balaban J connectivity index is 1.12. The van der Waals surface area contributed by atoms with E-state index in [-0.39, 0.29) is 0 Å². The molecule has 0 aliphatic carbocycles. The first-order valence-corrected chi connectivity index (χ1v) is 17.1. The Morgan fingerprint density at radius 2 is 0.882 bits per heavy atom. The Hall–Kier alpha value is -6.91. The second-order valence-electron chi connectivity index (χ2n) is 12.8. The van der Waals surface area contributed by atoms with Crippen molar-refractivity contribution in [3.05, 3.63) is 176 Å². The van der Waals surface area contributed by atoms with Crippen LogP contribution in [0.2, 0.25) is 0 Å². The highest BCUT2D eigenvalue weighted by atomic mass is 16.3. The van der Waals surface area contributed by atoms with E-state index in [1.165, 1.54) is 21.9 Å². The van der Waals surface area contributed by atoms with Crippen LogP contribution in [0.25, 0.3) is 99.9 Å². The van der Waals surface area contributed by atoms with Gasteiger partial charge >= 0.3 is 0 Å². The second kappa shape index (κ2) is 11.9. The molecule has 2 aromatic heterocycles. The molecule has 0 aliphatic heterocycles. The van der Waals surface area contributed by atoms with Gasteiger partial charge in [0.25, 0.3) is 0 Å². The van der Waals surface area contributed by atoms with Crippen molar-refractivity contribution in [2.45, 2.75) is 0 Å². The zero-order chi connectivity index (χ0) is 33.7. The van der Waals surface area contributed by atoms with Gasteiger partial charge in [-0.05, 0) is 80.2 Å². The van der Waals surface area contributed by atoms with Crippen LogP contribution in [0, 0.1) is 0 Å². The van der Waals surface area contributed by atoms with E-state index in [4.69, 9.17) is 19.4 Å². The van der Waals surface area contributed by atoms with Crippen molar-refractivity contribution >= 4 is 43.5 Å². The fraction of sp³-hybridized carbons (Fsp3) is 0. The van der Waals surface area contributed by atoms with Gasteiger partial charge in [0.1, 0.15) is 11.2 Å². The third kappa shape index (κ3) is 5.13. The minimum Gasteiger partial charge on any atom is -0.456 e. The molecule has 4 nitrogen and oxygen atoms in total. The predicted molar refractivity (Wildman–Crippen MR) is 209 cm³/mol. The molecule has 10 rings (SSSR count). The van der Waals surface area contributed by atoms with E-state index in [0.29, 0.717) is 17.5 Å². The Kier molecular flexibility index (Phi) is 6.78. The number of para-hydroxylation sites is 1. The average Bonchev–Trinajstić information content (AvgIpc) is 3.58. The summed E-state index contributed by atoms with van der Waals surface area (Å²) in [6.07, 6.45) is 0. The number of hydrogen-bond donors (Lipinski definition) is 0. The van der Waals surface area contributed by atoms with Crippen molar-refractivity contribution in [3.8, 4) is 56.4 Å². The number of rotatable bonds is 5. The lowest BCUT2D eigenvalue weighted by molar-refractivity contribution is 0.669. The minimum absolute atomic E-state index is 0.619. The zero-order valence-electron chi connectivity index (χ0n) is 27.5. The summed E-state index contributed by atoms with van der Waals surface area (Å²) in [6, 6.07) is 61.1. The van der Waals surface area contributed by atoms with Crippen LogP contribution in [-0.2, 0) is 0 Å². The van der Waals surface area contributed by atoms with Gasteiger partial charge in [0.2, 0.25) is 0 Å². The summed E-state index contributed by atoms with van der Waals surface area (Å²) in [5.41, 5.74) is 9.04. The average molecular weight is 652 g/mol. The normalized spacial score (nSPS) is 11.5. The molecular formula is C47H29N3O. The first kappa shape index (κ1) is 29.0. The molecular weight excluding hydrogens is 623 g/mol. The summed E-state index contributed by atoms with van der Waals surface area (Å²) in [5, 5.41) is 6.92. The number of hydrogen-bond acceptors (Lipinski definition) is 4. The van der Waals surface area contributed by atoms with E-state index in [0.717, 1.165) is 60.5 Å². The van der Waals surface area contributed by atoms with E-state index >= 15 is 0 Å². The van der Waals surface area contributed by atoms with Gasteiger partial charge in [-0.15, -0.1) is 0 Å². The minimum atomic E-state index is 0.619. The summed E-state index contributed by atoms with van der Waals surface area (Å²) in [6.45, 7) is 0. The topological polar surface area (TPSA) is 51.8 Å². The number of benzene rings is 8. The molecule has 0 fully saturated rings. The van der Waals surface area contributed by atoms with Gasteiger partial charge in [0, 0.05) is 27.5 Å². The summed E-state index contributed by atoms with van der Waals surface area (Å²) in [4.78, 5) is 15.3. The summed E-state index contributed by atoms with van der Waals surface area (Å²) >= 11 is 0. The van der Waals surface area contributed by atoms with Crippen LogP contribution >= 0.6 is 0 Å². The van der Waals surface area contributed by atoms with Gasteiger partial charge in [-0.3, -0.25) is 0 Å². The van der Waals surface area contributed by atoms with Gasteiger partial charge in [0.15, 0.2) is 17.5 Å². The molecule has 0 N–H and O–H groups in total. The highest BCUT2D eigenvalue weighted by molar-refractivity contribution is 6.06. The standard InChI is InChI=1S/C47H29N3O/c1-2-12-31(13-3-1)45-48-46(36-16-10-15-33(28-36)34-23-24-41-40-19-8-9-20-43(40)51-44(41)29-34)50-47(49-45)42-26-25-37(38-17-6-7-18-39(38)42)35-22-21-30-11-4-5-14-32(30)27-35/h1-29H. The summed E-state index contributed by atoms with van der Waals surface area (Å²) in [7, 11) is 0. The lowest BCUT2D eigenvalue weighted by atomic mass is 9.93. The molecule has 8 aromatic carbocycles. The molecule has 0 spiro atoms. The lowest BCUT2D eigenvalue weighted by Gasteiger charge is -2.14. The van der Waals surface area contributed by atoms with Crippen molar-refractivity contribution in [2.24, 2.45) is 0 Å². The summed E-state index contributed by atoms with van der Waals surface area (Å²) < 4.78 is 6.22. The number of aromatic nitrogens is 3. The maximum Gasteiger partial charge on any atom is 0.164 e. The molecule has 0 saturated heterocycles. The van der Waals surface area contributed by atoms with Crippen LogP contribution in [0.15, 0.2) is 180 Å². The van der Waals surface area contributed by atoms with E-state index in [9.17, 15) is 0 Å². The second-order valence-corrected chi connectivity index (χ2v) is 12.8. The van der Waals surface area contributed by atoms with Crippen molar-refractivity contribution in [1.29, 1.82) is 0 Å². The van der Waals surface area contributed by atoms with Gasteiger partial charge < -0.3 is 4.42 Å². The van der Waals surface area contributed by atoms with Gasteiger partial charge in [-0.1, -0.05) is 140 Å². The summed E-state index contributed by atoms with van der Waals surface area (Å²) in [5.74, 6) is 1.88. The SMILES string of the molecule is c1ccc(-c2nc(-c3cccc(-c4ccc5c(c4)oc4ccccc45)c3)nc(-c3ccc(-c4ccc5ccccc5c4)c4ccccc34)n2)cc1. The molecule has 0 saturated carbocycles. The number of furan rings is 1. The molecule has 2 heterocycles. The Bertz CT molecular complexity index is 2930. The predicted octanol–water partition coefficient (Wildman–Crippen LogP) is 12.4. The van der Waals surface area contributed by atoms with E-state index in [1.807, 2.05) is 48.5 Å². The van der Waals surface area contributed by atoms with Crippen molar-refractivity contribution in [1.82, 2.24) is 15.0 Å². The molecule has 4 heteroatoms. The fourth-order valence-electron chi connectivity index (χ4n) is 7.19.